The fourth-order valence-electron chi connectivity index (χ4n) is 2.64. The van der Waals surface area contributed by atoms with Crippen molar-refractivity contribution < 1.29 is 9.47 Å². The summed E-state index contributed by atoms with van der Waals surface area (Å²) in [6.07, 6.45) is 4.52. The van der Waals surface area contributed by atoms with Gasteiger partial charge < -0.3 is 14.8 Å². The summed E-state index contributed by atoms with van der Waals surface area (Å²) in [7, 11) is 0. The number of hydrogen-bond acceptors (Lipinski definition) is 3. The predicted molar refractivity (Wildman–Crippen MR) is 82.2 cm³/mol. The predicted octanol–water partition coefficient (Wildman–Crippen LogP) is 3.70. The summed E-state index contributed by atoms with van der Waals surface area (Å²) in [6, 6.07) is 8.82. The SMILES string of the molecule is CCCNC(CC)c1ccccc1OC1CCOCC1. The van der Waals surface area contributed by atoms with Crippen LogP contribution in [-0.2, 0) is 4.74 Å². The minimum Gasteiger partial charge on any atom is -0.490 e. The van der Waals surface area contributed by atoms with Crippen LogP contribution in [0.25, 0.3) is 0 Å². The molecular weight excluding hydrogens is 250 g/mol. The molecule has 0 amide bonds. The third-order valence-electron chi connectivity index (χ3n) is 3.81. The van der Waals surface area contributed by atoms with Gasteiger partial charge in [-0.2, -0.15) is 0 Å². The third-order valence-corrected chi connectivity index (χ3v) is 3.81. The van der Waals surface area contributed by atoms with Crippen molar-refractivity contribution in [2.45, 2.75) is 51.7 Å². The molecule has 1 N–H and O–H groups in total. The van der Waals surface area contributed by atoms with Gasteiger partial charge in [-0.05, 0) is 25.5 Å². The highest BCUT2D eigenvalue weighted by Gasteiger charge is 2.19. The van der Waals surface area contributed by atoms with E-state index >= 15 is 0 Å². The second-order valence-corrected chi connectivity index (χ2v) is 5.38. The molecule has 1 aromatic rings. The highest BCUT2D eigenvalue weighted by atomic mass is 16.5. The molecule has 112 valence electrons. The number of rotatable bonds is 7. The molecule has 0 bridgehead atoms. The molecule has 1 heterocycles. The quantitative estimate of drug-likeness (QED) is 0.824. The summed E-state index contributed by atoms with van der Waals surface area (Å²) >= 11 is 0. The van der Waals surface area contributed by atoms with Crippen molar-refractivity contribution in [2.75, 3.05) is 19.8 Å². The summed E-state index contributed by atoms with van der Waals surface area (Å²) in [6.45, 7) is 7.10. The largest absolute Gasteiger partial charge is 0.490 e. The normalized spacial score (nSPS) is 17.9. The maximum absolute atomic E-state index is 6.23. The van der Waals surface area contributed by atoms with Crippen molar-refractivity contribution >= 4 is 0 Å². The number of ether oxygens (including phenoxy) is 2. The summed E-state index contributed by atoms with van der Waals surface area (Å²) in [5.74, 6) is 1.04. The Hall–Kier alpha value is -1.06. The molecule has 0 aliphatic carbocycles. The van der Waals surface area contributed by atoms with Gasteiger partial charge in [-0.25, -0.2) is 0 Å². The third kappa shape index (κ3) is 4.22. The first-order valence-corrected chi connectivity index (χ1v) is 7.91. The van der Waals surface area contributed by atoms with Crippen LogP contribution in [0.5, 0.6) is 5.75 Å². The van der Waals surface area contributed by atoms with Gasteiger partial charge in [0.25, 0.3) is 0 Å². The van der Waals surface area contributed by atoms with Gasteiger partial charge in [0.1, 0.15) is 11.9 Å². The van der Waals surface area contributed by atoms with Crippen LogP contribution < -0.4 is 10.1 Å². The average molecular weight is 277 g/mol. The molecular formula is C17H27NO2. The van der Waals surface area contributed by atoms with Gasteiger partial charge in [0.2, 0.25) is 0 Å². The smallest absolute Gasteiger partial charge is 0.124 e. The Morgan fingerprint density at radius 1 is 1.25 bits per heavy atom. The van der Waals surface area contributed by atoms with Gasteiger partial charge in [-0.3, -0.25) is 0 Å². The second-order valence-electron chi connectivity index (χ2n) is 5.38. The molecule has 1 fully saturated rings. The molecule has 3 nitrogen and oxygen atoms in total. The molecule has 20 heavy (non-hydrogen) atoms. The summed E-state index contributed by atoms with van der Waals surface area (Å²) in [5, 5.41) is 3.61. The van der Waals surface area contributed by atoms with Gasteiger partial charge in [0.15, 0.2) is 0 Å². The topological polar surface area (TPSA) is 30.5 Å². The fraction of sp³-hybridized carbons (Fsp3) is 0.647. The summed E-state index contributed by atoms with van der Waals surface area (Å²) in [4.78, 5) is 0. The van der Waals surface area contributed by atoms with Crippen LogP contribution >= 0.6 is 0 Å². The van der Waals surface area contributed by atoms with Crippen molar-refractivity contribution in [1.82, 2.24) is 5.32 Å². The van der Waals surface area contributed by atoms with Crippen LogP contribution in [0.2, 0.25) is 0 Å². The number of para-hydroxylation sites is 1. The maximum Gasteiger partial charge on any atom is 0.124 e. The Bertz CT molecular complexity index is 388. The monoisotopic (exact) mass is 277 g/mol. The summed E-state index contributed by atoms with van der Waals surface area (Å²) in [5.41, 5.74) is 1.29. The Morgan fingerprint density at radius 3 is 2.70 bits per heavy atom. The lowest BCUT2D eigenvalue weighted by Gasteiger charge is -2.26. The van der Waals surface area contributed by atoms with Crippen LogP contribution in [-0.4, -0.2) is 25.9 Å². The average Bonchev–Trinajstić information content (AvgIpc) is 2.50. The first kappa shape index (κ1) is 15.3. The molecule has 0 spiro atoms. The van der Waals surface area contributed by atoms with Gasteiger partial charge in [0, 0.05) is 24.4 Å². The van der Waals surface area contributed by atoms with E-state index in [9.17, 15) is 0 Å². The lowest BCUT2D eigenvalue weighted by molar-refractivity contribution is 0.0250. The number of benzene rings is 1. The zero-order valence-electron chi connectivity index (χ0n) is 12.7. The van der Waals surface area contributed by atoms with Crippen molar-refractivity contribution in [3.8, 4) is 5.75 Å². The fourth-order valence-corrected chi connectivity index (χ4v) is 2.64. The van der Waals surface area contributed by atoms with Crippen molar-refractivity contribution in [3.05, 3.63) is 29.8 Å². The first-order valence-electron chi connectivity index (χ1n) is 7.91. The molecule has 1 unspecified atom stereocenters. The van der Waals surface area contributed by atoms with Crippen LogP contribution in [0.4, 0.5) is 0 Å². The zero-order chi connectivity index (χ0) is 14.2. The van der Waals surface area contributed by atoms with E-state index in [-0.39, 0.29) is 0 Å². The van der Waals surface area contributed by atoms with Crippen molar-refractivity contribution in [2.24, 2.45) is 0 Å². The van der Waals surface area contributed by atoms with Crippen LogP contribution in [0.1, 0.15) is 51.1 Å². The Balaban J connectivity index is 2.07. The minimum atomic E-state index is 0.300. The highest BCUT2D eigenvalue weighted by Crippen LogP contribution is 2.29. The molecule has 0 saturated carbocycles. The highest BCUT2D eigenvalue weighted by molar-refractivity contribution is 5.36. The van der Waals surface area contributed by atoms with E-state index in [0.29, 0.717) is 12.1 Å². The number of hydrogen-bond donors (Lipinski definition) is 1. The van der Waals surface area contributed by atoms with Crippen molar-refractivity contribution in [1.29, 1.82) is 0 Å². The molecule has 1 aliphatic heterocycles. The van der Waals surface area contributed by atoms with Gasteiger partial charge >= 0.3 is 0 Å². The molecule has 1 saturated heterocycles. The van der Waals surface area contributed by atoms with Crippen molar-refractivity contribution in [3.63, 3.8) is 0 Å². The van der Waals surface area contributed by atoms with E-state index in [1.807, 2.05) is 0 Å². The lowest BCUT2D eigenvalue weighted by atomic mass is 10.0. The minimum absolute atomic E-state index is 0.300. The van der Waals surface area contributed by atoms with Gasteiger partial charge in [-0.15, -0.1) is 0 Å². The molecule has 0 radical (unpaired) electrons. The van der Waals surface area contributed by atoms with E-state index in [2.05, 4.69) is 43.4 Å². The lowest BCUT2D eigenvalue weighted by Crippen LogP contribution is -2.27. The van der Waals surface area contributed by atoms with E-state index in [4.69, 9.17) is 9.47 Å². The van der Waals surface area contributed by atoms with Crippen LogP contribution in [0.15, 0.2) is 24.3 Å². The Kier molecular flexibility index (Phi) is 6.34. The van der Waals surface area contributed by atoms with E-state index < -0.39 is 0 Å². The van der Waals surface area contributed by atoms with E-state index in [0.717, 1.165) is 51.2 Å². The molecule has 0 aromatic heterocycles. The standard InChI is InChI=1S/C17H27NO2/c1-3-11-18-16(4-2)15-7-5-6-8-17(15)20-14-9-12-19-13-10-14/h5-8,14,16,18H,3-4,9-13H2,1-2H3. The molecule has 1 atom stereocenters. The van der Waals surface area contributed by atoms with Crippen LogP contribution in [0, 0.1) is 0 Å². The Morgan fingerprint density at radius 2 is 2.00 bits per heavy atom. The molecule has 2 rings (SSSR count). The van der Waals surface area contributed by atoms with E-state index in [1.54, 1.807) is 0 Å². The van der Waals surface area contributed by atoms with Crippen LogP contribution in [0.3, 0.4) is 0 Å². The summed E-state index contributed by atoms with van der Waals surface area (Å²) < 4.78 is 11.6. The van der Waals surface area contributed by atoms with Gasteiger partial charge in [0.05, 0.1) is 13.2 Å². The van der Waals surface area contributed by atoms with E-state index in [1.165, 1.54) is 5.56 Å². The second kappa shape index (κ2) is 8.28. The van der Waals surface area contributed by atoms with Gasteiger partial charge in [-0.1, -0.05) is 32.0 Å². The molecule has 1 aromatic carbocycles. The first-order chi connectivity index (χ1) is 9.85. The molecule has 1 aliphatic rings. The zero-order valence-corrected chi connectivity index (χ0v) is 12.7. The number of nitrogens with one attached hydrogen (secondary N) is 1. The Labute approximate surface area is 122 Å². The maximum atomic E-state index is 6.23. The molecule has 3 heteroatoms.